The minimum absolute atomic E-state index is 0.273. The maximum Gasteiger partial charge on any atom is 0.345 e. The number of aliphatic carboxylic acids is 1. The van der Waals surface area contributed by atoms with Crippen molar-refractivity contribution in [3.05, 3.63) is 64.2 Å². The molecule has 0 aliphatic carbocycles. The van der Waals surface area contributed by atoms with Crippen molar-refractivity contribution < 1.29 is 14.6 Å². The predicted molar refractivity (Wildman–Crippen MR) is 83.1 cm³/mol. The Labute approximate surface area is 129 Å². The summed E-state index contributed by atoms with van der Waals surface area (Å²) in [6.07, 6.45) is -0.667. The summed E-state index contributed by atoms with van der Waals surface area (Å²) in [7, 11) is 0. The van der Waals surface area contributed by atoms with Gasteiger partial charge in [0.2, 0.25) is 0 Å². The van der Waals surface area contributed by atoms with Crippen LogP contribution >= 0.6 is 11.6 Å². The molecule has 0 aliphatic heterocycles. The Morgan fingerprint density at radius 1 is 1.24 bits per heavy atom. The summed E-state index contributed by atoms with van der Waals surface area (Å²) in [6.45, 7) is 3.86. The lowest BCUT2D eigenvalue weighted by atomic mass is 10.0. The van der Waals surface area contributed by atoms with Crippen LogP contribution in [0.5, 0.6) is 5.75 Å². The number of carboxylic acid groups (broad SMARTS) is 1. The van der Waals surface area contributed by atoms with Gasteiger partial charge in [0.1, 0.15) is 5.75 Å². The van der Waals surface area contributed by atoms with Gasteiger partial charge in [-0.15, -0.1) is 0 Å². The van der Waals surface area contributed by atoms with Gasteiger partial charge in [-0.2, -0.15) is 0 Å². The van der Waals surface area contributed by atoms with Gasteiger partial charge in [0, 0.05) is 11.4 Å². The van der Waals surface area contributed by atoms with Crippen LogP contribution in [-0.4, -0.2) is 17.2 Å². The molecule has 0 aromatic heterocycles. The lowest BCUT2D eigenvalue weighted by Crippen LogP contribution is -2.29. The van der Waals surface area contributed by atoms with Crippen LogP contribution in [0.1, 0.15) is 16.7 Å². The van der Waals surface area contributed by atoms with E-state index < -0.39 is 12.1 Å². The van der Waals surface area contributed by atoms with E-state index in [-0.39, 0.29) is 6.42 Å². The Morgan fingerprint density at radius 2 is 2.00 bits per heavy atom. The summed E-state index contributed by atoms with van der Waals surface area (Å²) in [5, 5.41) is 9.96. The molecule has 0 unspecified atom stereocenters. The van der Waals surface area contributed by atoms with Gasteiger partial charge in [-0.25, -0.2) is 4.79 Å². The van der Waals surface area contributed by atoms with Crippen molar-refractivity contribution in [2.24, 2.45) is 0 Å². The molecule has 0 heterocycles. The molecular formula is C17H17ClO3. The SMILES string of the molecule is Cc1cccc(O[C@H](Cc2cc(Cl)ccc2C)C(=O)O)c1. The van der Waals surface area contributed by atoms with Gasteiger partial charge in [0.05, 0.1) is 0 Å². The molecule has 0 bridgehead atoms. The molecule has 110 valence electrons. The van der Waals surface area contributed by atoms with Crippen molar-refractivity contribution in [1.29, 1.82) is 0 Å². The van der Waals surface area contributed by atoms with E-state index >= 15 is 0 Å². The van der Waals surface area contributed by atoms with Gasteiger partial charge < -0.3 is 9.84 Å². The maximum absolute atomic E-state index is 11.4. The van der Waals surface area contributed by atoms with E-state index in [1.807, 2.05) is 38.1 Å². The molecule has 4 heteroatoms. The number of hydrogen-bond acceptors (Lipinski definition) is 2. The van der Waals surface area contributed by atoms with Crippen LogP contribution in [-0.2, 0) is 11.2 Å². The van der Waals surface area contributed by atoms with E-state index in [2.05, 4.69) is 0 Å². The maximum atomic E-state index is 11.4. The Morgan fingerprint density at radius 3 is 2.67 bits per heavy atom. The molecular weight excluding hydrogens is 288 g/mol. The van der Waals surface area contributed by atoms with E-state index in [1.54, 1.807) is 18.2 Å². The van der Waals surface area contributed by atoms with Crippen LogP contribution in [0.4, 0.5) is 0 Å². The van der Waals surface area contributed by atoms with E-state index in [4.69, 9.17) is 16.3 Å². The number of ether oxygens (including phenoxy) is 1. The standard InChI is InChI=1S/C17H17ClO3/c1-11-4-3-5-15(8-11)21-16(17(19)20)10-13-9-14(18)7-6-12(13)2/h3-9,16H,10H2,1-2H3,(H,19,20)/t16-/m1/s1. The van der Waals surface area contributed by atoms with E-state index in [9.17, 15) is 9.90 Å². The Hall–Kier alpha value is -2.00. The molecule has 2 aromatic rings. The molecule has 1 N–H and O–H groups in total. The molecule has 1 atom stereocenters. The zero-order chi connectivity index (χ0) is 15.4. The topological polar surface area (TPSA) is 46.5 Å². The minimum atomic E-state index is -0.990. The molecule has 0 amide bonds. The highest BCUT2D eigenvalue weighted by atomic mass is 35.5. The number of aryl methyl sites for hydroxylation is 2. The zero-order valence-corrected chi connectivity index (χ0v) is 12.7. The molecule has 0 spiro atoms. The molecule has 0 fully saturated rings. The van der Waals surface area contributed by atoms with Gasteiger partial charge in [-0.1, -0.05) is 29.8 Å². The van der Waals surface area contributed by atoms with Crippen LogP contribution in [0.3, 0.4) is 0 Å². The Balaban J connectivity index is 2.20. The van der Waals surface area contributed by atoms with Crippen molar-refractivity contribution >= 4 is 17.6 Å². The first-order chi connectivity index (χ1) is 9.95. The first kappa shape index (κ1) is 15.4. The normalized spacial score (nSPS) is 12.0. The number of benzene rings is 2. The number of carbonyl (C=O) groups is 1. The lowest BCUT2D eigenvalue weighted by Gasteiger charge is -2.17. The summed E-state index contributed by atoms with van der Waals surface area (Å²) >= 11 is 5.97. The van der Waals surface area contributed by atoms with Crippen LogP contribution in [0.15, 0.2) is 42.5 Å². The van der Waals surface area contributed by atoms with Gasteiger partial charge in [-0.05, 0) is 54.8 Å². The van der Waals surface area contributed by atoms with Gasteiger partial charge in [0.25, 0.3) is 0 Å². The highest BCUT2D eigenvalue weighted by Gasteiger charge is 2.21. The molecule has 21 heavy (non-hydrogen) atoms. The molecule has 0 saturated carbocycles. The second kappa shape index (κ2) is 6.64. The van der Waals surface area contributed by atoms with Crippen molar-refractivity contribution in [2.45, 2.75) is 26.4 Å². The fourth-order valence-corrected chi connectivity index (χ4v) is 2.29. The predicted octanol–water partition coefficient (Wildman–Crippen LogP) is 4.03. The van der Waals surface area contributed by atoms with Gasteiger partial charge in [0.15, 0.2) is 6.10 Å². The smallest absolute Gasteiger partial charge is 0.345 e. The monoisotopic (exact) mass is 304 g/mol. The van der Waals surface area contributed by atoms with Crippen LogP contribution < -0.4 is 4.74 Å². The fourth-order valence-electron chi connectivity index (χ4n) is 2.09. The molecule has 0 aliphatic rings. The minimum Gasteiger partial charge on any atom is -0.478 e. The third kappa shape index (κ3) is 4.23. The first-order valence-corrected chi connectivity index (χ1v) is 7.04. The van der Waals surface area contributed by atoms with Crippen LogP contribution in [0, 0.1) is 13.8 Å². The molecule has 0 saturated heterocycles. The Bertz CT molecular complexity index is 652. The first-order valence-electron chi connectivity index (χ1n) is 6.67. The highest BCUT2D eigenvalue weighted by molar-refractivity contribution is 6.30. The molecule has 2 rings (SSSR count). The summed E-state index contributed by atoms with van der Waals surface area (Å²) < 4.78 is 5.61. The quantitative estimate of drug-likeness (QED) is 0.907. The third-order valence-corrected chi connectivity index (χ3v) is 3.49. The zero-order valence-electron chi connectivity index (χ0n) is 12.0. The van der Waals surface area contributed by atoms with Crippen LogP contribution in [0.2, 0.25) is 5.02 Å². The van der Waals surface area contributed by atoms with Crippen molar-refractivity contribution in [1.82, 2.24) is 0 Å². The van der Waals surface area contributed by atoms with Crippen molar-refractivity contribution in [3.63, 3.8) is 0 Å². The van der Waals surface area contributed by atoms with E-state index in [1.165, 1.54) is 0 Å². The molecule has 0 radical (unpaired) electrons. The molecule has 2 aromatic carbocycles. The van der Waals surface area contributed by atoms with E-state index in [0.29, 0.717) is 10.8 Å². The van der Waals surface area contributed by atoms with Crippen LogP contribution in [0.25, 0.3) is 0 Å². The Kier molecular flexibility index (Phi) is 4.86. The second-order valence-corrected chi connectivity index (χ2v) is 5.47. The van der Waals surface area contributed by atoms with Gasteiger partial charge >= 0.3 is 5.97 Å². The largest absolute Gasteiger partial charge is 0.478 e. The number of hydrogen-bond donors (Lipinski definition) is 1. The number of halogens is 1. The average Bonchev–Trinajstić information content (AvgIpc) is 2.42. The third-order valence-electron chi connectivity index (χ3n) is 3.26. The number of carboxylic acids is 1. The summed E-state index contributed by atoms with van der Waals surface area (Å²) in [6, 6.07) is 12.8. The summed E-state index contributed by atoms with van der Waals surface area (Å²) in [5.41, 5.74) is 2.90. The summed E-state index contributed by atoms with van der Waals surface area (Å²) in [4.78, 5) is 11.4. The van der Waals surface area contributed by atoms with Gasteiger partial charge in [-0.3, -0.25) is 0 Å². The molecule has 3 nitrogen and oxygen atoms in total. The number of rotatable bonds is 5. The van der Waals surface area contributed by atoms with E-state index in [0.717, 1.165) is 16.7 Å². The average molecular weight is 305 g/mol. The van der Waals surface area contributed by atoms with Crippen molar-refractivity contribution in [2.75, 3.05) is 0 Å². The fraction of sp³-hybridized carbons (Fsp3) is 0.235. The highest BCUT2D eigenvalue weighted by Crippen LogP contribution is 2.20. The summed E-state index contributed by atoms with van der Waals surface area (Å²) in [5.74, 6) is -0.432. The van der Waals surface area contributed by atoms with Crippen molar-refractivity contribution in [3.8, 4) is 5.75 Å². The lowest BCUT2D eigenvalue weighted by molar-refractivity contribution is -0.145. The second-order valence-electron chi connectivity index (χ2n) is 5.04.